The van der Waals surface area contributed by atoms with Crippen LogP contribution in [-0.2, 0) is 13.0 Å². The van der Waals surface area contributed by atoms with E-state index in [0.29, 0.717) is 18.0 Å². The number of rotatable bonds is 1. The number of hydrogen-bond acceptors (Lipinski definition) is 4. The predicted octanol–water partition coefficient (Wildman–Crippen LogP) is 0.845. The van der Waals surface area contributed by atoms with Crippen LogP contribution < -0.4 is 0 Å². The Hall–Kier alpha value is -1.62. The first kappa shape index (κ1) is 8.67. The van der Waals surface area contributed by atoms with E-state index in [9.17, 15) is 5.11 Å². The molecule has 0 radical (unpaired) electrons. The van der Waals surface area contributed by atoms with E-state index in [1.54, 1.807) is 6.26 Å². The molecule has 2 aromatic heterocycles. The lowest BCUT2D eigenvalue weighted by molar-refractivity contribution is 0.138. The van der Waals surface area contributed by atoms with Gasteiger partial charge in [0.15, 0.2) is 5.76 Å². The summed E-state index contributed by atoms with van der Waals surface area (Å²) in [7, 11) is 0. The van der Waals surface area contributed by atoms with E-state index >= 15 is 0 Å². The Morgan fingerprint density at radius 3 is 3.27 bits per heavy atom. The average molecular weight is 205 g/mol. The summed E-state index contributed by atoms with van der Waals surface area (Å²) >= 11 is 0. The molecule has 2 aromatic rings. The van der Waals surface area contributed by atoms with Crippen molar-refractivity contribution in [2.24, 2.45) is 0 Å². The summed E-state index contributed by atoms with van der Waals surface area (Å²) < 4.78 is 7.06. The Morgan fingerprint density at radius 2 is 2.47 bits per heavy atom. The number of fused-ring (bicyclic) bond motifs is 1. The Balaban J connectivity index is 2.00. The lowest BCUT2D eigenvalue weighted by atomic mass is 10.1. The Morgan fingerprint density at radius 1 is 1.53 bits per heavy atom. The Labute approximate surface area is 86.4 Å². The molecule has 1 unspecified atom stereocenters. The monoisotopic (exact) mass is 205 g/mol. The van der Waals surface area contributed by atoms with Crippen molar-refractivity contribution in [1.82, 2.24) is 14.8 Å². The van der Waals surface area contributed by atoms with E-state index in [0.717, 1.165) is 18.8 Å². The molecule has 3 rings (SSSR count). The first-order valence-corrected chi connectivity index (χ1v) is 4.98. The van der Waals surface area contributed by atoms with Crippen LogP contribution in [-0.4, -0.2) is 26.0 Å². The van der Waals surface area contributed by atoms with E-state index in [4.69, 9.17) is 4.42 Å². The van der Waals surface area contributed by atoms with Crippen LogP contribution >= 0.6 is 0 Å². The van der Waals surface area contributed by atoms with Gasteiger partial charge in [-0.05, 0) is 18.6 Å². The lowest BCUT2D eigenvalue weighted by Crippen LogP contribution is -2.23. The maximum atomic E-state index is 9.49. The van der Waals surface area contributed by atoms with Gasteiger partial charge in [0.25, 0.3) is 0 Å². The average Bonchev–Trinajstić information content (AvgIpc) is 2.84. The van der Waals surface area contributed by atoms with Crippen LogP contribution in [0, 0.1) is 0 Å². The molecule has 0 aliphatic carbocycles. The van der Waals surface area contributed by atoms with E-state index in [1.807, 2.05) is 16.8 Å². The number of aryl methyl sites for hydroxylation is 1. The maximum Gasteiger partial charge on any atom is 0.217 e. The number of hydrogen-bond donors (Lipinski definition) is 1. The Kier molecular flexibility index (Phi) is 1.85. The Bertz CT molecular complexity index is 461. The molecule has 0 spiro atoms. The van der Waals surface area contributed by atoms with Gasteiger partial charge in [0, 0.05) is 13.0 Å². The largest absolute Gasteiger partial charge is 0.461 e. The molecule has 0 bridgehead atoms. The van der Waals surface area contributed by atoms with Crippen molar-refractivity contribution in [2.75, 3.05) is 0 Å². The van der Waals surface area contributed by atoms with Gasteiger partial charge in [0.2, 0.25) is 5.82 Å². The van der Waals surface area contributed by atoms with Crippen LogP contribution in [0.5, 0.6) is 0 Å². The molecule has 1 N–H and O–H groups in total. The van der Waals surface area contributed by atoms with Gasteiger partial charge in [0.05, 0.1) is 12.4 Å². The van der Waals surface area contributed by atoms with Crippen molar-refractivity contribution in [1.29, 1.82) is 0 Å². The van der Waals surface area contributed by atoms with Crippen molar-refractivity contribution < 1.29 is 9.52 Å². The number of aromatic nitrogens is 3. The number of nitrogens with zero attached hydrogens (tertiary/aromatic N) is 3. The highest BCUT2D eigenvalue weighted by atomic mass is 16.3. The molecule has 0 saturated carbocycles. The third kappa shape index (κ3) is 1.45. The van der Waals surface area contributed by atoms with Gasteiger partial charge in [-0.25, -0.2) is 9.67 Å². The van der Waals surface area contributed by atoms with Gasteiger partial charge in [-0.15, -0.1) is 5.10 Å². The molecule has 0 amide bonds. The van der Waals surface area contributed by atoms with Gasteiger partial charge < -0.3 is 9.52 Å². The summed E-state index contributed by atoms with van der Waals surface area (Å²) in [5, 5.41) is 13.8. The van der Waals surface area contributed by atoms with E-state index in [1.165, 1.54) is 0 Å². The van der Waals surface area contributed by atoms with Crippen molar-refractivity contribution in [3.63, 3.8) is 0 Å². The minimum absolute atomic E-state index is 0.286. The van der Waals surface area contributed by atoms with Crippen molar-refractivity contribution >= 4 is 0 Å². The molecule has 3 heterocycles. The van der Waals surface area contributed by atoms with Crippen LogP contribution in [0.4, 0.5) is 0 Å². The molecule has 1 aliphatic heterocycles. The van der Waals surface area contributed by atoms with E-state index in [2.05, 4.69) is 10.1 Å². The molecule has 5 nitrogen and oxygen atoms in total. The number of aliphatic hydroxyl groups excluding tert-OH is 1. The van der Waals surface area contributed by atoms with Crippen LogP contribution in [0.2, 0.25) is 0 Å². The molecule has 78 valence electrons. The topological polar surface area (TPSA) is 64.1 Å². The smallest absolute Gasteiger partial charge is 0.217 e. The summed E-state index contributed by atoms with van der Waals surface area (Å²) in [6.45, 7) is 0.726. The van der Waals surface area contributed by atoms with Crippen LogP contribution in [0.15, 0.2) is 22.8 Å². The normalized spacial score (nSPS) is 20.2. The molecular formula is C10H11N3O2. The molecule has 1 atom stereocenters. The summed E-state index contributed by atoms with van der Waals surface area (Å²) in [4.78, 5) is 4.34. The first-order chi connectivity index (χ1) is 7.33. The fourth-order valence-electron chi connectivity index (χ4n) is 1.80. The second-order valence-corrected chi connectivity index (χ2v) is 3.70. The van der Waals surface area contributed by atoms with Gasteiger partial charge in [-0.2, -0.15) is 0 Å². The molecule has 1 aliphatic rings. The van der Waals surface area contributed by atoms with Gasteiger partial charge in [0.1, 0.15) is 5.82 Å². The fraction of sp³-hybridized carbons (Fsp3) is 0.400. The summed E-state index contributed by atoms with van der Waals surface area (Å²) in [6.07, 6.45) is 2.64. The SMILES string of the molecule is OC1CCn2nc(-c3ccco3)nc2C1. The minimum atomic E-state index is -0.286. The van der Waals surface area contributed by atoms with Gasteiger partial charge in [-0.3, -0.25) is 0 Å². The minimum Gasteiger partial charge on any atom is -0.461 e. The molecule has 0 fully saturated rings. The zero-order valence-corrected chi connectivity index (χ0v) is 8.13. The number of furan rings is 1. The third-order valence-electron chi connectivity index (χ3n) is 2.58. The first-order valence-electron chi connectivity index (χ1n) is 4.98. The third-order valence-corrected chi connectivity index (χ3v) is 2.58. The summed E-state index contributed by atoms with van der Waals surface area (Å²) in [6, 6.07) is 3.64. The predicted molar refractivity (Wildman–Crippen MR) is 52.1 cm³/mol. The van der Waals surface area contributed by atoms with Crippen LogP contribution in [0.25, 0.3) is 11.6 Å². The molecule has 0 aromatic carbocycles. The molecule has 15 heavy (non-hydrogen) atoms. The van der Waals surface area contributed by atoms with Crippen molar-refractivity contribution in [3.05, 3.63) is 24.2 Å². The molecule has 5 heteroatoms. The van der Waals surface area contributed by atoms with Gasteiger partial charge in [-0.1, -0.05) is 0 Å². The zero-order chi connectivity index (χ0) is 10.3. The second-order valence-electron chi connectivity index (χ2n) is 3.70. The summed E-state index contributed by atoms with van der Waals surface area (Å²) in [5.41, 5.74) is 0. The van der Waals surface area contributed by atoms with E-state index in [-0.39, 0.29) is 6.10 Å². The molecule has 0 saturated heterocycles. The highest BCUT2D eigenvalue weighted by Gasteiger charge is 2.21. The van der Waals surface area contributed by atoms with E-state index < -0.39 is 0 Å². The lowest BCUT2D eigenvalue weighted by Gasteiger charge is -2.16. The van der Waals surface area contributed by atoms with Crippen molar-refractivity contribution in [3.8, 4) is 11.6 Å². The summed E-state index contributed by atoms with van der Waals surface area (Å²) in [5.74, 6) is 2.11. The maximum absolute atomic E-state index is 9.49. The van der Waals surface area contributed by atoms with Crippen LogP contribution in [0.3, 0.4) is 0 Å². The standard InChI is InChI=1S/C10H11N3O2/c14-7-3-4-13-9(6-7)11-10(12-13)8-2-1-5-15-8/h1-2,5,7,14H,3-4,6H2. The van der Waals surface area contributed by atoms with Crippen molar-refractivity contribution in [2.45, 2.75) is 25.5 Å². The quantitative estimate of drug-likeness (QED) is 0.749. The second kappa shape index (κ2) is 3.20. The zero-order valence-electron chi connectivity index (χ0n) is 8.13. The number of aliphatic hydroxyl groups is 1. The fourth-order valence-corrected chi connectivity index (χ4v) is 1.80. The molecular weight excluding hydrogens is 194 g/mol. The van der Waals surface area contributed by atoms with Gasteiger partial charge >= 0.3 is 0 Å². The van der Waals surface area contributed by atoms with Crippen LogP contribution in [0.1, 0.15) is 12.2 Å². The highest BCUT2D eigenvalue weighted by molar-refractivity contribution is 5.45. The highest BCUT2D eigenvalue weighted by Crippen LogP contribution is 2.19.